The summed E-state index contributed by atoms with van der Waals surface area (Å²) in [7, 11) is -3.75. The summed E-state index contributed by atoms with van der Waals surface area (Å²) in [6.07, 6.45) is 0. The largest absolute Gasteiger partial charge is 0.389 e. The van der Waals surface area contributed by atoms with Gasteiger partial charge in [0.05, 0.1) is 5.69 Å². The summed E-state index contributed by atoms with van der Waals surface area (Å²) >= 11 is 4.73. The molecule has 0 aromatic heterocycles. The Labute approximate surface area is 87.3 Å². The van der Waals surface area contributed by atoms with Gasteiger partial charge in [-0.15, -0.1) is 0 Å². The topological polar surface area (TPSA) is 98.2 Å². The highest BCUT2D eigenvalue weighted by molar-refractivity contribution is 7.90. The first kappa shape index (κ1) is 10.9. The molecule has 0 saturated heterocycles. The molecule has 7 heteroatoms. The minimum Gasteiger partial charge on any atom is -0.389 e. The Balaban J connectivity index is 3.01. The molecule has 0 aliphatic rings. The van der Waals surface area contributed by atoms with Crippen molar-refractivity contribution < 1.29 is 8.42 Å². The van der Waals surface area contributed by atoms with Crippen molar-refractivity contribution in [2.75, 3.05) is 4.72 Å². The van der Waals surface area contributed by atoms with E-state index in [0.29, 0.717) is 11.3 Å². The van der Waals surface area contributed by atoms with Gasteiger partial charge >= 0.3 is 0 Å². The number of nitrogens with one attached hydrogen (secondary N) is 1. The van der Waals surface area contributed by atoms with Gasteiger partial charge in [0.15, 0.2) is 0 Å². The molecular formula is C7H9N3O2S2. The Morgan fingerprint density at radius 1 is 1.43 bits per heavy atom. The van der Waals surface area contributed by atoms with Gasteiger partial charge in [-0.1, -0.05) is 24.4 Å². The SMILES string of the molecule is NC(=S)c1cccc(NS(N)(=O)=O)c1. The lowest BCUT2D eigenvalue weighted by Gasteiger charge is -2.04. The molecule has 0 radical (unpaired) electrons. The summed E-state index contributed by atoms with van der Waals surface area (Å²) in [5.74, 6) is 0. The standard InChI is InChI=1S/C7H9N3O2S2/c8-7(13)5-2-1-3-6(4-5)10-14(9,11)12/h1-4,10H,(H2,8,13)(H2,9,11,12). The van der Waals surface area contributed by atoms with Crippen LogP contribution in [0.25, 0.3) is 0 Å². The van der Waals surface area contributed by atoms with E-state index >= 15 is 0 Å². The van der Waals surface area contributed by atoms with Crippen molar-refractivity contribution in [1.29, 1.82) is 0 Å². The predicted octanol–water partition coefficient (Wildman–Crippen LogP) is -0.0638. The highest BCUT2D eigenvalue weighted by Crippen LogP contribution is 2.10. The maximum absolute atomic E-state index is 10.7. The average molecular weight is 231 g/mol. The first-order valence-corrected chi connectivity index (χ1v) is 5.54. The number of hydrogen-bond donors (Lipinski definition) is 3. The zero-order valence-corrected chi connectivity index (χ0v) is 8.73. The fourth-order valence-electron chi connectivity index (χ4n) is 0.900. The molecule has 0 heterocycles. The smallest absolute Gasteiger partial charge is 0.296 e. The van der Waals surface area contributed by atoms with Crippen LogP contribution in [0.4, 0.5) is 5.69 Å². The summed E-state index contributed by atoms with van der Waals surface area (Å²) in [5.41, 5.74) is 6.28. The third-order valence-corrected chi connectivity index (χ3v) is 2.16. The molecular weight excluding hydrogens is 222 g/mol. The van der Waals surface area contributed by atoms with E-state index in [1.807, 2.05) is 0 Å². The lowest BCUT2D eigenvalue weighted by atomic mass is 10.2. The van der Waals surface area contributed by atoms with Crippen molar-refractivity contribution in [3.8, 4) is 0 Å². The Morgan fingerprint density at radius 2 is 2.07 bits per heavy atom. The van der Waals surface area contributed by atoms with Crippen LogP contribution in [0.15, 0.2) is 24.3 Å². The van der Waals surface area contributed by atoms with Crippen LogP contribution in [0.2, 0.25) is 0 Å². The van der Waals surface area contributed by atoms with Crippen LogP contribution in [0.5, 0.6) is 0 Å². The predicted molar refractivity (Wildman–Crippen MR) is 59.1 cm³/mol. The number of hydrogen-bond acceptors (Lipinski definition) is 3. The third kappa shape index (κ3) is 3.29. The van der Waals surface area contributed by atoms with E-state index < -0.39 is 10.2 Å². The Kier molecular flexibility index (Phi) is 3.04. The molecule has 76 valence electrons. The summed E-state index contributed by atoms with van der Waals surface area (Å²) in [6, 6.07) is 6.36. The second kappa shape index (κ2) is 3.91. The average Bonchev–Trinajstić information content (AvgIpc) is 2.01. The van der Waals surface area contributed by atoms with Crippen LogP contribution in [0.1, 0.15) is 5.56 Å². The lowest BCUT2D eigenvalue weighted by Crippen LogP contribution is -2.22. The molecule has 14 heavy (non-hydrogen) atoms. The third-order valence-electron chi connectivity index (χ3n) is 1.41. The first-order valence-electron chi connectivity index (χ1n) is 3.59. The van der Waals surface area contributed by atoms with Crippen LogP contribution >= 0.6 is 12.2 Å². The maximum atomic E-state index is 10.7. The van der Waals surface area contributed by atoms with E-state index in [4.69, 9.17) is 23.1 Å². The molecule has 0 fully saturated rings. The van der Waals surface area contributed by atoms with Crippen LogP contribution in [0, 0.1) is 0 Å². The van der Waals surface area contributed by atoms with Crippen molar-refractivity contribution in [3.05, 3.63) is 29.8 Å². The van der Waals surface area contributed by atoms with Gasteiger partial charge in [0, 0.05) is 5.56 Å². The second-order valence-electron chi connectivity index (χ2n) is 2.59. The first-order chi connectivity index (χ1) is 6.38. The highest BCUT2D eigenvalue weighted by Gasteiger charge is 2.03. The molecule has 0 bridgehead atoms. The van der Waals surface area contributed by atoms with E-state index in [1.54, 1.807) is 18.2 Å². The van der Waals surface area contributed by atoms with Crippen molar-refractivity contribution in [3.63, 3.8) is 0 Å². The molecule has 1 aromatic carbocycles. The molecule has 5 N–H and O–H groups in total. The molecule has 0 atom stereocenters. The lowest BCUT2D eigenvalue weighted by molar-refractivity contribution is 0.603. The summed E-state index contributed by atoms with van der Waals surface area (Å²) in [5, 5.41) is 4.79. The summed E-state index contributed by atoms with van der Waals surface area (Å²) in [4.78, 5) is 0.197. The van der Waals surface area contributed by atoms with E-state index in [9.17, 15) is 8.42 Å². The van der Waals surface area contributed by atoms with E-state index in [-0.39, 0.29) is 4.99 Å². The van der Waals surface area contributed by atoms with Crippen molar-refractivity contribution in [1.82, 2.24) is 0 Å². The van der Waals surface area contributed by atoms with Crippen LogP contribution in [-0.4, -0.2) is 13.4 Å². The molecule has 1 rings (SSSR count). The van der Waals surface area contributed by atoms with Gasteiger partial charge in [-0.3, -0.25) is 4.72 Å². The molecule has 0 aliphatic carbocycles. The second-order valence-corrected chi connectivity index (χ2v) is 4.33. The van der Waals surface area contributed by atoms with Crippen molar-refractivity contribution in [2.24, 2.45) is 10.9 Å². The Hall–Kier alpha value is -1.18. The van der Waals surface area contributed by atoms with Crippen LogP contribution in [-0.2, 0) is 10.2 Å². The molecule has 0 spiro atoms. The van der Waals surface area contributed by atoms with Gasteiger partial charge in [-0.25, -0.2) is 5.14 Å². The van der Waals surface area contributed by atoms with Crippen LogP contribution in [0.3, 0.4) is 0 Å². The molecule has 0 aliphatic heterocycles. The number of benzene rings is 1. The van der Waals surface area contributed by atoms with Crippen LogP contribution < -0.4 is 15.6 Å². The molecule has 5 nitrogen and oxygen atoms in total. The number of anilines is 1. The van der Waals surface area contributed by atoms with Gasteiger partial charge in [0.1, 0.15) is 4.99 Å². The van der Waals surface area contributed by atoms with Gasteiger partial charge < -0.3 is 5.73 Å². The maximum Gasteiger partial charge on any atom is 0.296 e. The monoisotopic (exact) mass is 231 g/mol. The quantitative estimate of drug-likeness (QED) is 0.634. The fourth-order valence-corrected chi connectivity index (χ4v) is 1.48. The minimum atomic E-state index is -3.75. The number of thiocarbonyl (C=S) groups is 1. The normalized spacial score (nSPS) is 10.9. The fraction of sp³-hybridized carbons (Fsp3) is 0. The van der Waals surface area contributed by atoms with E-state index in [0.717, 1.165) is 0 Å². The molecule has 0 unspecified atom stereocenters. The number of nitrogens with two attached hydrogens (primary N) is 2. The van der Waals surface area contributed by atoms with Gasteiger partial charge in [0.2, 0.25) is 0 Å². The van der Waals surface area contributed by atoms with Gasteiger partial charge in [0.25, 0.3) is 10.2 Å². The van der Waals surface area contributed by atoms with Crippen molar-refractivity contribution >= 4 is 33.1 Å². The summed E-state index contributed by atoms with van der Waals surface area (Å²) in [6.45, 7) is 0. The molecule has 1 aromatic rings. The van der Waals surface area contributed by atoms with Gasteiger partial charge in [-0.05, 0) is 12.1 Å². The van der Waals surface area contributed by atoms with Crippen molar-refractivity contribution in [2.45, 2.75) is 0 Å². The minimum absolute atomic E-state index is 0.197. The molecule has 0 amide bonds. The Bertz CT molecular complexity index is 456. The Morgan fingerprint density at radius 3 is 2.57 bits per heavy atom. The van der Waals surface area contributed by atoms with E-state index in [1.165, 1.54) is 6.07 Å². The zero-order valence-electron chi connectivity index (χ0n) is 7.10. The van der Waals surface area contributed by atoms with Gasteiger partial charge in [-0.2, -0.15) is 8.42 Å². The highest BCUT2D eigenvalue weighted by atomic mass is 32.2. The zero-order chi connectivity index (χ0) is 10.8. The molecule has 0 saturated carbocycles. The van der Waals surface area contributed by atoms with E-state index in [2.05, 4.69) is 4.72 Å². The number of rotatable bonds is 3. The summed E-state index contributed by atoms with van der Waals surface area (Å²) < 4.78 is 23.5.